The van der Waals surface area contributed by atoms with Crippen LogP contribution in [0.25, 0.3) is 0 Å². The van der Waals surface area contributed by atoms with E-state index in [4.69, 9.17) is 0 Å². The molecule has 0 saturated carbocycles. The van der Waals surface area contributed by atoms with Crippen LogP contribution in [0.4, 0.5) is 0 Å². The van der Waals surface area contributed by atoms with E-state index in [1.165, 1.54) is 64.2 Å². The summed E-state index contributed by atoms with van der Waals surface area (Å²) in [5, 5.41) is 13.5. The van der Waals surface area contributed by atoms with Gasteiger partial charge in [0.25, 0.3) is 0 Å². The van der Waals surface area contributed by atoms with Crippen molar-refractivity contribution in [3.05, 3.63) is 24.6 Å². The molecule has 0 spiro atoms. The van der Waals surface area contributed by atoms with Crippen LogP contribution in [0.5, 0.6) is 0 Å². The average molecular weight is 338 g/mol. The molecular weight excluding hydrogens is 296 g/mol. The molecule has 2 N–H and O–H groups in total. The van der Waals surface area contributed by atoms with Gasteiger partial charge in [0.1, 0.15) is 6.20 Å². The maximum absolute atomic E-state index is 10.1. The van der Waals surface area contributed by atoms with E-state index in [9.17, 15) is 5.11 Å². The maximum atomic E-state index is 10.1. The number of allylic oxidation sites excluding steroid dienone is 1. The lowest BCUT2D eigenvalue weighted by Crippen LogP contribution is -2.57. The Morgan fingerprint density at radius 3 is 2.21 bits per heavy atom. The minimum Gasteiger partial charge on any atom is -0.345 e. The van der Waals surface area contributed by atoms with Crippen LogP contribution in [-0.2, 0) is 0 Å². The molecule has 1 aliphatic heterocycles. The number of quaternary nitrogens is 1. The van der Waals surface area contributed by atoms with Crippen LogP contribution in [-0.4, -0.2) is 28.5 Å². The predicted octanol–water partition coefficient (Wildman–Crippen LogP) is 5.43. The number of aliphatic hydroxyl groups is 1. The SMILES string of the molecule is CCCCCCCCCCC/C=C/CC1NC=C[N+]1(CC)C(C)O. The summed E-state index contributed by atoms with van der Waals surface area (Å²) in [6, 6.07) is 0. The molecule has 140 valence electrons. The average Bonchev–Trinajstić information content (AvgIpc) is 3.00. The number of hydrogen-bond donors (Lipinski definition) is 2. The van der Waals surface area contributed by atoms with Crippen molar-refractivity contribution in [1.29, 1.82) is 0 Å². The monoisotopic (exact) mass is 337 g/mol. The first-order valence-electron chi connectivity index (χ1n) is 10.3. The number of nitrogens with zero attached hydrogens (tertiary/aromatic N) is 1. The molecule has 0 radical (unpaired) electrons. The van der Waals surface area contributed by atoms with Crippen molar-refractivity contribution in [3.63, 3.8) is 0 Å². The van der Waals surface area contributed by atoms with Gasteiger partial charge in [0.2, 0.25) is 0 Å². The molecule has 1 aliphatic rings. The van der Waals surface area contributed by atoms with Gasteiger partial charge in [-0.15, -0.1) is 0 Å². The Kier molecular flexibility index (Phi) is 11.1. The highest BCUT2D eigenvalue weighted by atomic mass is 16.3. The Bertz CT molecular complexity index is 365. The highest BCUT2D eigenvalue weighted by molar-refractivity contribution is 4.91. The second kappa shape index (κ2) is 12.5. The fraction of sp³-hybridized carbons (Fsp3) is 0.810. The molecule has 3 nitrogen and oxygen atoms in total. The van der Waals surface area contributed by atoms with E-state index < -0.39 is 0 Å². The third-order valence-corrected chi connectivity index (χ3v) is 5.46. The van der Waals surface area contributed by atoms with Gasteiger partial charge in [0.15, 0.2) is 12.4 Å². The molecule has 0 fully saturated rings. The Morgan fingerprint density at radius 2 is 1.62 bits per heavy atom. The largest absolute Gasteiger partial charge is 0.345 e. The minimum absolute atomic E-state index is 0.273. The summed E-state index contributed by atoms with van der Waals surface area (Å²) in [5.74, 6) is 0. The van der Waals surface area contributed by atoms with Gasteiger partial charge in [-0.3, -0.25) is 4.48 Å². The molecule has 3 unspecified atom stereocenters. The molecule has 1 heterocycles. The fourth-order valence-corrected chi connectivity index (χ4v) is 3.69. The van der Waals surface area contributed by atoms with Crippen LogP contribution in [0.3, 0.4) is 0 Å². The van der Waals surface area contributed by atoms with Crippen LogP contribution in [0.1, 0.15) is 91.4 Å². The van der Waals surface area contributed by atoms with E-state index in [0.29, 0.717) is 4.48 Å². The molecular formula is C21H41N2O+. The molecule has 3 heteroatoms. The summed E-state index contributed by atoms with van der Waals surface area (Å²) in [4.78, 5) is 0. The van der Waals surface area contributed by atoms with Gasteiger partial charge in [-0.25, -0.2) is 0 Å². The zero-order chi connectivity index (χ0) is 17.7. The van der Waals surface area contributed by atoms with Crippen LogP contribution in [0.15, 0.2) is 24.6 Å². The van der Waals surface area contributed by atoms with Gasteiger partial charge in [-0.05, 0) is 19.8 Å². The smallest absolute Gasteiger partial charge is 0.193 e. The number of hydrogen-bond acceptors (Lipinski definition) is 2. The molecule has 0 aliphatic carbocycles. The predicted molar refractivity (Wildman–Crippen MR) is 104 cm³/mol. The van der Waals surface area contributed by atoms with E-state index in [1.54, 1.807) is 0 Å². The number of unbranched alkanes of at least 4 members (excludes halogenated alkanes) is 9. The van der Waals surface area contributed by atoms with Crippen LogP contribution < -0.4 is 5.32 Å². The van der Waals surface area contributed by atoms with E-state index in [-0.39, 0.29) is 12.4 Å². The summed E-state index contributed by atoms with van der Waals surface area (Å²) in [5.41, 5.74) is 0. The number of nitrogens with one attached hydrogen (secondary N) is 1. The molecule has 1 rings (SSSR count). The van der Waals surface area contributed by atoms with Crippen molar-refractivity contribution in [3.8, 4) is 0 Å². The highest BCUT2D eigenvalue weighted by Gasteiger charge is 2.40. The summed E-state index contributed by atoms with van der Waals surface area (Å²) < 4.78 is 0.627. The maximum Gasteiger partial charge on any atom is 0.193 e. The molecule has 0 aromatic carbocycles. The van der Waals surface area contributed by atoms with Crippen molar-refractivity contribution < 1.29 is 9.59 Å². The Labute approximate surface area is 150 Å². The van der Waals surface area contributed by atoms with Gasteiger partial charge in [0, 0.05) is 13.3 Å². The van der Waals surface area contributed by atoms with E-state index >= 15 is 0 Å². The second-order valence-corrected chi connectivity index (χ2v) is 7.27. The van der Waals surface area contributed by atoms with Crippen molar-refractivity contribution in [1.82, 2.24) is 5.32 Å². The van der Waals surface area contributed by atoms with Gasteiger partial charge >= 0.3 is 0 Å². The molecule has 0 aromatic heterocycles. The summed E-state index contributed by atoms with van der Waals surface area (Å²) in [6.07, 6.45) is 23.3. The van der Waals surface area contributed by atoms with Gasteiger partial charge in [0.05, 0.1) is 12.7 Å². The molecule has 0 aromatic rings. The Balaban J connectivity index is 2.06. The van der Waals surface area contributed by atoms with Crippen LogP contribution >= 0.6 is 0 Å². The van der Waals surface area contributed by atoms with Crippen molar-refractivity contribution >= 4 is 0 Å². The topological polar surface area (TPSA) is 32.3 Å². The van der Waals surface area contributed by atoms with Gasteiger partial charge in [-0.2, -0.15) is 0 Å². The number of rotatable bonds is 14. The van der Waals surface area contributed by atoms with Crippen molar-refractivity contribution in [2.45, 2.75) is 104 Å². The number of aliphatic hydroxyl groups excluding tert-OH is 1. The molecule has 0 saturated heterocycles. The normalized spacial score (nSPS) is 24.6. The Hall–Kier alpha value is -0.800. The molecule has 0 bridgehead atoms. The molecule has 0 amide bonds. The van der Waals surface area contributed by atoms with Crippen molar-refractivity contribution in [2.24, 2.45) is 0 Å². The highest BCUT2D eigenvalue weighted by Crippen LogP contribution is 2.24. The lowest BCUT2D eigenvalue weighted by molar-refractivity contribution is -0.941. The minimum atomic E-state index is -0.364. The third-order valence-electron chi connectivity index (χ3n) is 5.46. The standard InChI is InChI=1S/C21H41N2O/c1-4-6-7-8-9-10-11-12-13-14-15-16-17-21-22-18-19-23(21,5-2)20(3)24/h15-16,18-22,24H,4-14,17H2,1-3H3/q+1/b16-15+. The third kappa shape index (κ3) is 6.98. The lowest BCUT2D eigenvalue weighted by Gasteiger charge is -2.38. The summed E-state index contributed by atoms with van der Waals surface area (Å²) in [7, 11) is 0. The van der Waals surface area contributed by atoms with Gasteiger partial charge in [-0.1, -0.05) is 70.4 Å². The van der Waals surface area contributed by atoms with E-state index in [2.05, 4.69) is 37.5 Å². The second-order valence-electron chi connectivity index (χ2n) is 7.27. The van der Waals surface area contributed by atoms with E-state index in [1.807, 2.05) is 13.1 Å². The first kappa shape index (κ1) is 21.2. The summed E-state index contributed by atoms with van der Waals surface area (Å²) in [6.45, 7) is 7.22. The first-order valence-corrected chi connectivity index (χ1v) is 10.3. The molecule has 24 heavy (non-hydrogen) atoms. The zero-order valence-corrected chi connectivity index (χ0v) is 16.3. The van der Waals surface area contributed by atoms with Gasteiger partial charge < -0.3 is 10.4 Å². The van der Waals surface area contributed by atoms with Crippen LogP contribution in [0.2, 0.25) is 0 Å². The lowest BCUT2D eigenvalue weighted by atomic mass is 10.1. The zero-order valence-electron chi connectivity index (χ0n) is 16.3. The van der Waals surface area contributed by atoms with E-state index in [0.717, 1.165) is 13.0 Å². The van der Waals surface area contributed by atoms with Crippen LogP contribution in [0, 0.1) is 0 Å². The Morgan fingerprint density at radius 1 is 1.00 bits per heavy atom. The van der Waals surface area contributed by atoms with Crippen molar-refractivity contribution in [2.75, 3.05) is 6.54 Å². The first-order chi connectivity index (χ1) is 11.7. The fourth-order valence-electron chi connectivity index (χ4n) is 3.69. The summed E-state index contributed by atoms with van der Waals surface area (Å²) >= 11 is 0. The molecule has 3 atom stereocenters. The quantitative estimate of drug-likeness (QED) is 0.252.